The molecule has 0 spiro atoms. The van der Waals surface area contributed by atoms with Crippen LogP contribution in [0.2, 0.25) is 0 Å². The second-order valence-corrected chi connectivity index (χ2v) is 5.14. The van der Waals surface area contributed by atoms with E-state index in [0.717, 1.165) is 25.3 Å². The molecular weight excluding hydrogens is 200 g/mol. The predicted molar refractivity (Wildman–Crippen MR) is 66.3 cm³/mol. The Morgan fingerprint density at radius 1 is 1.38 bits per heavy atom. The number of hydrogen-bond acceptors (Lipinski definition) is 3. The van der Waals surface area contributed by atoms with E-state index < -0.39 is 0 Å². The van der Waals surface area contributed by atoms with E-state index in [4.69, 9.17) is 0 Å². The van der Waals surface area contributed by atoms with Crippen molar-refractivity contribution in [3.05, 3.63) is 12.2 Å². The lowest BCUT2D eigenvalue weighted by molar-refractivity contribution is 0.314. The highest BCUT2D eigenvalue weighted by Crippen LogP contribution is 2.24. The van der Waals surface area contributed by atoms with E-state index in [0.29, 0.717) is 0 Å². The Balaban J connectivity index is 2.36. The van der Waals surface area contributed by atoms with Gasteiger partial charge in [0, 0.05) is 13.5 Å². The van der Waals surface area contributed by atoms with Gasteiger partial charge < -0.3 is 5.32 Å². The number of hydrogen-bond donors (Lipinski definition) is 1. The van der Waals surface area contributed by atoms with Gasteiger partial charge in [-0.05, 0) is 31.3 Å². The molecule has 0 aromatic carbocycles. The summed E-state index contributed by atoms with van der Waals surface area (Å²) in [6, 6.07) is 0. The molecule has 0 bridgehead atoms. The van der Waals surface area contributed by atoms with Crippen molar-refractivity contribution < 1.29 is 0 Å². The maximum Gasteiger partial charge on any atom is 0.138 e. The third-order valence-corrected chi connectivity index (χ3v) is 2.85. The maximum absolute atomic E-state index is 4.28. The van der Waals surface area contributed by atoms with Gasteiger partial charge in [-0.1, -0.05) is 20.8 Å². The number of rotatable bonds is 7. The second-order valence-electron chi connectivity index (χ2n) is 5.14. The first kappa shape index (κ1) is 13.2. The third kappa shape index (κ3) is 4.31. The van der Waals surface area contributed by atoms with Gasteiger partial charge in [0.05, 0.1) is 0 Å². The molecule has 0 saturated heterocycles. The van der Waals surface area contributed by atoms with E-state index >= 15 is 0 Å². The van der Waals surface area contributed by atoms with Crippen LogP contribution in [0, 0.1) is 5.41 Å². The molecule has 0 radical (unpaired) electrons. The standard InChI is InChI=1S/C12H24N4/c1-5-7-13-8-6-12(2,3)9-11-14-10-15-16(11)4/h10,13H,5-9H2,1-4H3. The first-order valence-corrected chi connectivity index (χ1v) is 6.09. The third-order valence-electron chi connectivity index (χ3n) is 2.85. The average molecular weight is 224 g/mol. The van der Waals surface area contributed by atoms with Crippen molar-refractivity contribution >= 4 is 0 Å². The van der Waals surface area contributed by atoms with E-state index in [1.54, 1.807) is 6.33 Å². The van der Waals surface area contributed by atoms with Crippen LogP contribution in [0.5, 0.6) is 0 Å². The SMILES string of the molecule is CCCNCCC(C)(C)Cc1ncnn1C. The van der Waals surface area contributed by atoms with Gasteiger partial charge >= 0.3 is 0 Å². The van der Waals surface area contributed by atoms with Gasteiger partial charge in [-0.15, -0.1) is 0 Å². The van der Waals surface area contributed by atoms with Gasteiger partial charge in [0.15, 0.2) is 0 Å². The van der Waals surface area contributed by atoms with Crippen molar-refractivity contribution in [1.82, 2.24) is 20.1 Å². The highest BCUT2D eigenvalue weighted by atomic mass is 15.3. The van der Waals surface area contributed by atoms with Crippen molar-refractivity contribution in [2.45, 2.75) is 40.0 Å². The summed E-state index contributed by atoms with van der Waals surface area (Å²) in [5.41, 5.74) is 0.279. The van der Waals surface area contributed by atoms with Crippen LogP contribution in [0.4, 0.5) is 0 Å². The quantitative estimate of drug-likeness (QED) is 0.718. The Morgan fingerprint density at radius 3 is 2.69 bits per heavy atom. The monoisotopic (exact) mass is 224 g/mol. The molecule has 0 unspecified atom stereocenters. The molecule has 4 heteroatoms. The lowest BCUT2D eigenvalue weighted by Crippen LogP contribution is -2.25. The van der Waals surface area contributed by atoms with Crippen molar-refractivity contribution in [1.29, 1.82) is 0 Å². The molecule has 1 aromatic heterocycles. The van der Waals surface area contributed by atoms with E-state index in [2.05, 4.69) is 36.2 Å². The minimum atomic E-state index is 0.279. The molecular formula is C12H24N4. The van der Waals surface area contributed by atoms with Crippen molar-refractivity contribution in [3.8, 4) is 0 Å². The summed E-state index contributed by atoms with van der Waals surface area (Å²) in [7, 11) is 1.95. The fraction of sp³-hybridized carbons (Fsp3) is 0.833. The smallest absolute Gasteiger partial charge is 0.138 e. The van der Waals surface area contributed by atoms with Gasteiger partial charge in [0.2, 0.25) is 0 Å². The molecule has 1 aromatic rings. The van der Waals surface area contributed by atoms with E-state index in [1.807, 2.05) is 11.7 Å². The molecule has 0 atom stereocenters. The molecule has 0 amide bonds. The van der Waals surface area contributed by atoms with Crippen LogP contribution < -0.4 is 5.32 Å². The zero-order valence-electron chi connectivity index (χ0n) is 11.0. The average Bonchev–Trinajstić information content (AvgIpc) is 2.59. The lowest BCUT2D eigenvalue weighted by Gasteiger charge is -2.24. The van der Waals surface area contributed by atoms with Crippen LogP contribution in [0.15, 0.2) is 6.33 Å². The fourth-order valence-corrected chi connectivity index (χ4v) is 1.73. The number of aryl methyl sites for hydroxylation is 1. The number of nitrogens with zero attached hydrogens (tertiary/aromatic N) is 3. The summed E-state index contributed by atoms with van der Waals surface area (Å²) < 4.78 is 1.86. The van der Waals surface area contributed by atoms with Crippen LogP contribution in [0.3, 0.4) is 0 Å². The van der Waals surface area contributed by atoms with E-state index in [-0.39, 0.29) is 5.41 Å². The summed E-state index contributed by atoms with van der Waals surface area (Å²) in [4.78, 5) is 4.28. The summed E-state index contributed by atoms with van der Waals surface area (Å²) in [6.45, 7) is 8.96. The van der Waals surface area contributed by atoms with Gasteiger partial charge in [-0.2, -0.15) is 5.10 Å². The molecule has 4 nitrogen and oxygen atoms in total. The lowest BCUT2D eigenvalue weighted by atomic mass is 9.85. The Hall–Kier alpha value is -0.900. The molecule has 1 N–H and O–H groups in total. The molecule has 92 valence electrons. The topological polar surface area (TPSA) is 42.7 Å². The van der Waals surface area contributed by atoms with Gasteiger partial charge in [-0.25, -0.2) is 4.98 Å². The molecule has 0 fully saturated rings. The first-order valence-electron chi connectivity index (χ1n) is 6.09. The zero-order valence-corrected chi connectivity index (χ0v) is 11.0. The van der Waals surface area contributed by atoms with Crippen LogP contribution >= 0.6 is 0 Å². The van der Waals surface area contributed by atoms with Gasteiger partial charge in [0.25, 0.3) is 0 Å². The molecule has 0 saturated carbocycles. The molecule has 0 aliphatic carbocycles. The number of aromatic nitrogens is 3. The van der Waals surface area contributed by atoms with Crippen molar-refractivity contribution in [2.24, 2.45) is 12.5 Å². The van der Waals surface area contributed by atoms with Crippen LogP contribution in [-0.2, 0) is 13.5 Å². The Bertz CT molecular complexity index is 304. The Morgan fingerprint density at radius 2 is 2.12 bits per heavy atom. The summed E-state index contributed by atoms with van der Waals surface area (Å²) in [5, 5.41) is 7.54. The molecule has 16 heavy (non-hydrogen) atoms. The predicted octanol–water partition coefficient (Wildman–Crippen LogP) is 1.77. The molecule has 0 aliphatic heterocycles. The van der Waals surface area contributed by atoms with Crippen LogP contribution in [0.25, 0.3) is 0 Å². The second kappa shape index (κ2) is 5.99. The van der Waals surface area contributed by atoms with Crippen molar-refractivity contribution in [3.63, 3.8) is 0 Å². The van der Waals surface area contributed by atoms with Gasteiger partial charge in [0.1, 0.15) is 12.2 Å². The molecule has 1 heterocycles. The minimum Gasteiger partial charge on any atom is -0.317 e. The van der Waals surface area contributed by atoms with Crippen LogP contribution in [0.1, 0.15) is 39.4 Å². The maximum atomic E-state index is 4.28. The number of nitrogens with one attached hydrogen (secondary N) is 1. The van der Waals surface area contributed by atoms with E-state index in [1.165, 1.54) is 12.8 Å². The Labute approximate surface area is 98.5 Å². The van der Waals surface area contributed by atoms with Gasteiger partial charge in [-0.3, -0.25) is 4.68 Å². The van der Waals surface area contributed by atoms with E-state index in [9.17, 15) is 0 Å². The first-order chi connectivity index (χ1) is 7.55. The Kier molecular flexibility index (Phi) is 4.93. The highest BCUT2D eigenvalue weighted by molar-refractivity contribution is 4.90. The fourth-order valence-electron chi connectivity index (χ4n) is 1.73. The largest absolute Gasteiger partial charge is 0.317 e. The normalized spacial score (nSPS) is 12.0. The summed E-state index contributed by atoms with van der Waals surface area (Å²) in [5.74, 6) is 1.07. The summed E-state index contributed by atoms with van der Waals surface area (Å²) >= 11 is 0. The highest BCUT2D eigenvalue weighted by Gasteiger charge is 2.20. The molecule has 0 aliphatic rings. The van der Waals surface area contributed by atoms with Crippen molar-refractivity contribution in [2.75, 3.05) is 13.1 Å². The van der Waals surface area contributed by atoms with Crippen LogP contribution in [-0.4, -0.2) is 27.9 Å². The zero-order chi connectivity index (χ0) is 12.0. The minimum absolute atomic E-state index is 0.279. The molecule has 1 rings (SSSR count). The summed E-state index contributed by atoms with van der Waals surface area (Å²) in [6.07, 6.45) is 4.97.